The Morgan fingerprint density at radius 2 is 2.44 bits per heavy atom. The summed E-state index contributed by atoms with van der Waals surface area (Å²) in [4.78, 5) is 4.52. The third kappa shape index (κ3) is 2.21. The van der Waals surface area contributed by atoms with Gasteiger partial charge in [-0.25, -0.2) is 4.98 Å². The summed E-state index contributed by atoms with van der Waals surface area (Å²) in [7, 11) is 0. The van der Waals surface area contributed by atoms with Gasteiger partial charge < -0.3 is 14.6 Å². The molecule has 2 heterocycles. The van der Waals surface area contributed by atoms with Crippen LogP contribution < -0.4 is 5.32 Å². The lowest BCUT2D eigenvalue weighted by Gasteiger charge is -2.18. The van der Waals surface area contributed by atoms with E-state index in [1.807, 2.05) is 6.92 Å². The summed E-state index contributed by atoms with van der Waals surface area (Å²) < 4.78 is 7.85. The van der Waals surface area contributed by atoms with Gasteiger partial charge in [-0.15, -0.1) is 0 Å². The van der Waals surface area contributed by atoms with Crippen LogP contribution in [0.2, 0.25) is 0 Å². The van der Waals surface area contributed by atoms with Gasteiger partial charge in [-0.3, -0.25) is 0 Å². The van der Waals surface area contributed by atoms with Crippen LogP contribution in [0.5, 0.6) is 0 Å². The zero-order valence-corrected chi connectivity index (χ0v) is 10.4. The monoisotopic (exact) mass is 223 g/mol. The minimum atomic E-state index is 0.288. The molecule has 2 atom stereocenters. The second kappa shape index (κ2) is 4.87. The highest BCUT2D eigenvalue weighted by Crippen LogP contribution is 2.29. The molecule has 1 N–H and O–H groups in total. The molecule has 2 unspecified atom stereocenters. The van der Waals surface area contributed by atoms with Crippen LogP contribution in [0.25, 0.3) is 0 Å². The predicted molar refractivity (Wildman–Crippen MR) is 64.8 cm³/mol. The summed E-state index contributed by atoms with van der Waals surface area (Å²) in [6.45, 7) is 8.16. The average molecular weight is 223 g/mol. The first-order chi connectivity index (χ1) is 7.72. The lowest BCUT2D eigenvalue weighted by atomic mass is 10.1. The molecule has 1 aliphatic heterocycles. The van der Waals surface area contributed by atoms with Crippen molar-refractivity contribution in [2.75, 3.05) is 18.5 Å². The maximum absolute atomic E-state index is 5.61. The van der Waals surface area contributed by atoms with Gasteiger partial charge in [-0.2, -0.15) is 0 Å². The van der Waals surface area contributed by atoms with Crippen molar-refractivity contribution >= 4 is 5.95 Å². The van der Waals surface area contributed by atoms with Crippen molar-refractivity contribution in [3.8, 4) is 0 Å². The van der Waals surface area contributed by atoms with E-state index >= 15 is 0 Å². The van der Waals surface area contributed by atoms with Crippen molar-refractivity contribution in [2.45, 2.75) is 45.8 Å². The number of nitrogens with one attached hydrogen (secondary N) is 1. The van der Waals surface area contributed by atoms with Gasteiger partial charge in [0.2, 0.25) is 5.95 Å². The molecule has 4 nitrogen and oxygen atoms in total. The molecule has 1 aromatic heterocycles. The van der Waals surface area contributed by atoms with Crippen LogP contribution in [-0.4, -0.2) is 28.8 Å². The van der Waals surface area contributed by atoms with Crippen molar-refractivity contribution in [2.24, 2.45) is 0 Å². The highest BCUT2D eigenvalue weighted by Gasteiger charge is 2.27. The molecular weight excluding hydrogens is 202 g/mol. The second-order valence-electron chi connectivity index (χ2n) is 4.47. The SMILES string of the molecule is CCCNc1nc(C)cn1C1CCOC1C. The van der Waals surface area contributed by atoms with Crippen molar-refractivity contribution in [1.29, 1.82) is 0 Å². The molecule has 90 valence electrons. The summed E-state index contributed by atoms with van der Waals surface area (Å²) in [6, 6.07) is 0.431. The van der Waals surface area contributed by atoms with Gasteiger partial charge in [0.1, 0.15) is 0 Å². The summed E-state index contributed by atoms with van der Waals surface area (Å²) in [5, 5.41) is 3.38. The summed E-state index contributed by atoms with van der Waals surface area (Å²) in [5.74, 6) is 0.988. The number of imidazole rings is 1. The quantitative estimate of drug-likeness (QED) is 0.851. The minimum Gasteiger partial charge on any atom is -0.376 e. The van der Waals surface area contributed by atoms with Crippen LogP contribution in [0, 0.1) is 6.92 Å². The molecule has 0 aromatic carbocycles. The van der Waals surface area contributed by atoms with Crippen molar-refractivity contribution in [3.63, 3.8) is 0 Å². The van der Waals surface area contributed by atoms with Gasteiger partial charge in [0.25, 0.3) is 0 Å². The lowest BCUT2D eigenvalue weighted by molar-refractivity contribution is 0.108. The van der Waals surface area contributed by atoms with E-state index in [1.165, 1.54) is 0 Å². The third-order valence-corrected chi connectivity index (χ3v) is 3.08. The highest BCUT2D eigenvalue weighted by molar-refractivity contribution is 5.29. The Morgan fingerprint density at radius 1 is 1.62 bits per heavy atom. The van der Waals surface area contributed by atoms with Crippen LogP contribution in [0.1, 0.15) is 38.4 Å². The fourth-order valence-corrected chi connectivity index (χ4v) is 2.22. The Labute approximate surface area is 97.0 Å². The molecule has 1 saturated heterocycles. The Kier molecular flexibility index (Phi) is 3.49. The van der Waals surface area contributed by atoms with Crippen molar-refractivity contribution < 1.29 is 4.74 Å². The van der Waals surface area contributed by atoms with E-state index in [1.54, 1.807) is 0 Å². The van der Waals surface area contributed by atoms with Gasteiger partial charge in [0.05, 0.1) is 17.8 Å². The van der Waals surface area contributed by atoms with E-state index in [-0.39, 0.29) is 6.10 Å². The second-order valence-corrected chi connectivity index (χ2v) is 4.47. The van der Waals surface area contributed by atoms with E-state index in [2.05, 4.69) is 34.9 Å². The topological polar surface area (TPSA) is 39.1 Å². The van der Waals surface area contributed by atoms with E-state index in [4.69, 9.17) is 4.74 Å². The molecule has 0 amide bonds. The van der Waals surface area contributed by atoms with E-state index in [0.29, 0.717) is 6.04 Å². The highest BCUT2D eigenvalue weighted by atomic mass is 16.5. The van der Waals surface area contributed by atoms with Gasteiger partial charge in [-0.05, 0) is 26.7 Å². The van der Waals surface area contributed by atoms with E-state index in [9.17, 15) is 0 Å². The van der Waals surface area contributed by atoms with Crippen LogP contribution in [0.3, 0.4) is 0 Å². The number of aromatic nitrogens is 2. The van der Waals surface area contributed by atoms with Crippen LogP contribution in [-0.2, 0) is 4.74 Å². The first-order valence-electron chi connectivity index (χ1n) is 6.13. The molecule has 0 saturated carbocycles. The fraction of sp³-hybridized carbons (Fsp3) is 0.750. The smallest absolute Gasteiger partial charge is 0.203 e. The molecule has 1 fully saturated rings. The van der Waals surface area contributed by atoms with Gasteiger partial charge in [-0.1, -0.05) is 6.92 Å². The van der Waals surface area contributed by atoms with Gasteiger partial charge >= 0.3 is 0 Å². The number of hydrogen-bond donors (Lipinski definition) is 1. The molecule has 0 aliphatic carbocycles. The molecule has 0 spiro atoms. The average Bonchev–Trinajstić information content (AvgIpc) is 2.81. The lowest BCUT2D eigenvalue weighted by Crippen LogP contribution is -2.19. The maximum atomic E-state index is 5.61. The van der Waals surface area contributed by atoms with Crippen molar-refractivity contribution in [3.05, 3.63) is 11.9 Å². The predicted octanol–water partition coefficient (Wildman–Crippen LogP) is 2.36. The third-order valence-electron chi connectivity index (χ3n) is 3.08. The standard InChI is InChI=1S/C12H21N3O/c1-4-6-13-12-14-9(2)8-15(12)11-5-7-16-10(11)3/h8,10-11H,4-7H2,1-3H3,(H,13,14). The van der Waals surface area contributed by atoms with E-state index < -0.39 is 0 Å². The number of nitrogens with zero attached hydrogens (tertiary/aromatic N) is 2. The fourth-order valence-electron chi connectivity index (χ4n) is 2.22. The first-order valence-corrected chi connectivity index (χ1v) is 6.13. The zero-order valence-electron chi connectivity index (χ0n) is 10.4. The normalized spacial score (nSPS) is 24.9. The van der Waals surface area contributed by atoms with Crippen LogP contribution in [0.4, 0.5) is 5.95 Å². The van der Waals surface area contributed by atoms with E-state index in [0.717, 1.165) is 37.6 Å². The number of aryl methyl sites for hydroxylation is 1. The Morgan fingerprint density at radius 3 is 3.06 bits per heavy atom. The molecule has 1 aromatic rings. The number of anilines is 1. The molecule has 0 bridgehead atoms. The maximum Gasteiger partial charge on any atom is 0.203 e. The van der Waals surface area contributed by atoms with Crippen LogP contribution >= 0.6 is 0 Å². The van der Waals surface area contributed by atoms with Gasteiger partial charge in [0.15, 0.2) is 0 Å². The molecule has 2 rings (SSSR count). The Bertz CT molecular complexity index is 348. The Hall–Kier alpha value is -1.03. The number of rotatable bonds is 4. The van der Waals surface area contributed by atoms with Gasteiger partial charge in [0, 0.05) is 19.3 Å². The molecule has 4 heteroatoms. The molecule has 1 aliphatic rings. The van der Waals surface area contributed by atoms with Crippen LogP contribution in [0.15, 0.2) is 6.20 Å². The number of hydrogen-bond acceptors (Lipinski definition) is 3. The zero-order chi connectivity index (χ0) is 11.5. The first kappa shape index (κ1) is 11.5. The molecular formula is C12H21N3O. The largest absolute Gasteiger partial charge is 0.376 e. The summed E-state index contributed by atoms with van der Waals surface area (Å²) in [5.41, 5.74) is 1.07. The molecule has 16 heavy (non-hydrogen) atoms. The minimum absolute atomic E-state index is 0.288. The molecule has 0 radical (unpaired) electrons. The Balaban J connectivity index is 2.18. The number of ether oxygens (including phenoxy) is 1. The van der Waals surface area contributed by atoms with Crippen molar-refractivity contribution in [1.82, 2.24) is 9.55 Å². The summed E-state index contributed by atoms with van der Waals surface area (Å²) in [6.07, 6.45) is 4.60. The summed E-state index contributed by atoms with van der Waals surface area (Å²) >= 11 is 0.